The highest BCUT2D eigenvalue weighted by Gasteiger charge is 2.16. The lowest BCUT2D eigenvalue weighted by Gasteiger charge is -2.13. The van der Waals surface area contributed by atoms with Crippen LogP contribution in [0.2, 0.25) is 0 Å². The second kappa shape index (κ2) is 8.63. The predicted molar refractivity (Wildman–Crippen MR) is 129 cm³/mol. The Balaban J connectivity index is 1.71. The maximum Gasteiger partial charge on any atom is 0.256 e. The summed E-state index contributed by atoms with van der Waals surface area (Å²) < 4.78 is 0. The smallest absolute Gasteiger partial charge is 0.256 e. The minimum absolute atomic E-state index is 0.0823. The van der Waals surface area contributed by atoms with E-state index in [1.807, 2.05) is 36.4 Å². The third-order valence-electron chi connectivity index (χ3n) is 5.41. The fourth-order valence-corrected chi connectivity index (χ4v) is 3.75. The van der Waals surface area contributed by atoms with Crippen LogP contribution in [0.3, 0.4) is 0 Å². The SMILES string of the molecule is Cc1ccc(-c2cc(C(=O)Nc3ccc(C(=O)N(C)C)cc3)c3ccccc3n2)c(C)c1. The number of hydrogen-bond acceptors (Lipinski definition) is 3. The number of aromatic nitrogens is 1. The first-order valence-corrected chi connectivity index (χ1v) is 10.4. The molecular weight excluding hydrogens is 398 g/mol. The van der Waals surface area contributed by atoms with Crippen molar-refractivity contribution < 1.29 is 9.59 Å². The number of anilines is 1. The molecule has 1 N–H and O–H groups in total. The second-order valence-electron chi connectivity index (χ2n) is 8.12. The van der Waals surface area contributed by atoms with E-state index in [0.717, 1.165) is 27.7 Å². The van der Waals surface area contributed by atoms with Crippen molar-refractivity contribution in [3.8, 4) is 11.3 Å². The van der Waals surface area contributed by atoms with Gasteiger partial charge in [0.15, 0.2) is 0 Å². The molecule has 0 saturated carbocycles. The van der Waals surface area contributed by atoms with Gasteiger partial charge in [-0.3, -0.25) is 9.59 Å². The lowest BCUT2D eigenvalue weighted by atomic mass is 9.99. The van der Waals surface area contributed by atoms with Crippen molar-refractivity contribution in [2.75, 3.05) is 19.4 Å². The minimum Gasteiger partial charge on any atom is -0.345 e. The van der Waals surface area contributed by atoms with Crippen LogP contribution in [-0.2, 0) is 0 Å². The summed E-state index contributed by atoms with van der Waals surface area (Å²) in [4.78, 5) is 31.7. The molecule has 0 unspecified atom stereocenters. The lowest BCUT2D eigenvalue weighted by molar-refractivity contribution is 0.0827. The average molecular weight is 424 g/mol. The highest BCUT2D eigenvalue weighted by atomic mass is 16.2. The molecule has 5 nitrogen and oxygen atoms in total. The molecule has 32 heavy (non-hydrogen) atoms. The molecule has 160 valence electrons. The number of pyridine rings is 1. The number of nitrogens with zero attached hydrogens (tertiary/aromatic N) is 2. The summed E-state index contributed by atoms with van der Waals surface area (Å²) in [5.41, 5.74) is 6.57. The van der Waals surface area contributed by atoms with Gasteiger partial charge in [-0.1, -0.05) is 42.0 Å². The van der Waals surface area contributed by atoms with Crippen LogP contribution in [0.1, 0.15) is 31.8 Å². The van der Waals surface area contributed by atoms with E-state index in [-0.39, 0.29) is 11.8 Å². The van der Waals surface area contributed by atoms with Crippen LogP contribution in [0.25, 0.3) is 22.2 Å². The molecule has 0 saturated heterocycles. The molecule has 4 rings (SSSR count). The number of carbonyl (C=O) groups is 2. The molecule has 2 amide bonds. The number of nitrogens with one attached hydrogen (secondary N) is 1. The van der Waals surface area contributed by atoms with E-state index in [1.165, 1.54) is 10.5 Å². The van der Waals surface area contributed by atoms with Crippen molar-refractivity contribution in [2.45, 2.75) is 13.8 Å². The van der Waals surface area contributed by atoms with Gasteiger partial charge in [0.2, 0.25) is 0 Å². The standard InChI is InChI=1S/C27H25N3O2/c1-17-9-14-21(18(2)15-17)25-16-23(22-7-5-6-8-24(22)29-25)26(31)28-20-12-10-19(11-13-20)27(32)30(3)4/h5-16H,1-4H3,(H,28,31). The Bertz CT molecular complexity index is 1320. The largest absolute Gasteiger partial charge is 0.345 e. The zero-order valence-electron chi connectivity index (χ0n) is 18.6. The van der Waals surface area contributed by atoms with Crippen molar-refractivity contribution in [1.82, 2.24) is 9.88 Å². The first-order chi connectivity index (χ1) is 15.3. The molecule has 0 spiro atoms. The third kappa shape index (κ3) is 4.23. The summed E-state index contributed by atoms with van der Waals surface area (Å²) in [6.45, 7) is 4.11. The van der Waals surface area contributed by atoms with Gasteiger partial charge in [0.25, 0.3) is 11.8 Å². The van der Waals surface area contributed by atoms with E-state index >= 15 is 0 Å². The topological polar surface area (TPSA) is 62.3 Å². The number of benzene rings is 3. The van der Waals surface area contributed by atoms with Crippen molar-refractivity contribution in [3.05, 3.63) is 95.1 Å². The van der Waals surface area contributed by atoms with E-state index in [0.29, 0.717) is 16.8 Å². The summed E-state index contributed by atoms with van der Waals surface area (Å²) in [6, 6.07) is 22.6. The number of fused-ring (bicyclic) bond motifs is 1. The molecule has 1 heterocycles. The van der Waals surface area contributed by atoms with Crippen molar-refractivity contribution in [1.29, 1.82) is 0 Å². The molecule has 4 aromatic rings. The van der Waals surface area contributed by atoms with E-state index < -0.39 is 0 Å². The van der Waals surface area contributed by atoms with Crippen LogP contribution >= 0.6 is 0 Å². The zero-order valence-corrected chi connectivity index (χ0v) is 18.6. The second-order valence-corrected chi connectivity index (χ2v) is 8.12. The Morgan fingerprint density at radius 1 is 0.875 bits per heavy atom. The van der Waals surface area contributed by atoms with E-state index in [4.69, 9.17) is 4.98 Å². The maximum absolute atomic E-state index is 13.3. The van der Waals surface area contributed by atoms with Crippen LogP contribution in [0, 0.1) is 13.8 Å². The Hall–Kier alpha value is -3.99. The Morgan fingerprint density at radius 3 is 2.28 bits per heavy atom. The molecule has 0 bridgehead atoms. The average Bonchev–Trinajstić information content (AvgIpc) is 2.78. The monoisotopic (exact) mass is 423 g/mol. The van der Waals surface area contributed by atoms with Gasteiger partial charge in [-0.2, -0.15) is 0 Å². The Kier molecular flexibility index (Phi) is 5.73. The number of amides is 2. The van der Waals surface area contributed by atoms with Crippen LogP contribution in [0.4, 0.5) is 5.69 Å². The Labute approximate surface area is 187 Å². The fourth-order valence-electron chi connectivity index (χ4n) is 3.75. The van der Waals surface area contributed by atoms with Gasteiger partial charge < -0.3 is 10.2 Å². The number of hydrogen-bond donors (Lipinski definition) is 1. The van der Waals surface area contributed by atoms with Gasteiger partial charge in [-0.05, 0) is 55.8 Å². The van der Waals surface area contributed by atoms with Gasteiger partial charge in [0.1, 0.15) is 0 Å². The van der Waals surface area contributed by atoms with Crippen molar-refractivity contribution in [3.63, 3.8) is 0 Å². The van der Waals surface area contributed by atoms with Crippen molar-refractivity contribution >= 4 is 28.4 Å². The molecule has 0 aliphatic carbocycles. The molecule has 0 fully saturated rings. The third-order valence-corrected chi connectivity index (χ3v) is 5.41. The molecule has 0 aliphatic heterocycles. The number of aryl methyl sites for hydroxylation is 2. The quantitative estimate of drug-likeness (QED) is 0.473. The zero-order chi connectivity index (χ0) is 22.8. The molecule has 5 heteroatoms. The molecule has 1 aromatic heterocycles. The molecule has 0 atom stereocenters. The summed E-state index contributed by atoms with van der Waals surface area (Å²) >= 11 is 0. The number of rotatable bonds is 4. The molecule has 0 aliphatic rings. The number of carbonyl (C=O) groups excluding carboxylic acids is 2. The van der Waals surface area contributed by atoms with E-state index in [2.05, 4.69) is 31.3 Å². The first-order valence-electron chi connectivity index (χ1n) is 10.4. The summed E-state index contributed by atoms with van der Waals surface area (Å²) in [5.74, 6) is -0.303. The fraction of sp³-hybridized carbons (Fsp3) is 0.148. The maximum atomic E-state index is 13.3. The van der Waals surface area contributed by atoms with Crippen LogP contribution < -0.4 is 5.32 Å². The molecule has 0 radical (unpaired) electrons. The van der Waals surface area contributed by atoms with Crippen molar-refractivity contribution in [2.24, 2.45) is 0 Å². The minimum atomic E-state index is -0.221. The van der Waals surface area contributed by atoms with Gasteiger partial charge >= 0.3 is 0 Å². The van der Waals surface area contributed by atoms with E-state index in [9.17, 15) is 9.59 Å². The number of para-hydroxylation sites is 1. The Morgan fingerprint density at radius 2 is 1.59 bits per heavy atom. The first kappa shape index (κ1) is 21.2. The lowest BCUT2D eigenvalue weighted by Crippen LogP contribution is -2.21. The van der Waals surface area contributed by atoms with Gasteiger partial charge in [0, 0.05) is 36.3 Å². The summed E-state index contributed by atoms with van der Waals surface area (Å²) in [5, 5.41) is 3.75. The molecule has 3 aromatic carbocycles. The van der Waals surface area contributed by atoms with Crippen LogP contribution in [-0.4, -0.2) is 35.8 Å². The summed E-state index contributed by atoms with van der Waals surface area (Å²) in [6.07, 6.45) is 0. The highest BCUT2D eigenvalue weighted by Crippen LogP contribution is 2.28. The van der Waals surface area contributed by atoms with Crippen LogP contribution in [0.15, 0.2) is 72.8 Å². The highest BCUT2D eigenvalue weighted by molar-refractivity contribution is 6.13. The normalized spacial score (nSPS) is 10.8. The van der Waals surface area contributed by atoms with Crippen LogP contribution in [0.5, 0.6) is 0 Å². The molecular formula is C27H25N3O2. The van der Waals surface area contributed by atoms with Gasteiger partial charge in [-0.25, -0.2) is 4.98 Å². The van der Waals surface area contributed by atoms with Gasteiger partial charge in [-0.15, -0.1) is 0 Å². The van der Waals surface area contributed by atoms with Gasteiger partial charge in [0.05, 0.1) is 16.8 Å². The predicted octanol–water partition coefficient (Wildman–Crippen LogP) is 5.47. The van der Waals surface area contributed by atoms with E-state index in [1.54, 1.807) is 38.4 Å². The summed E-state index contributed by atoms with van der Waals surface area (Å²) in [7, 11) is 3.42.